The van der Waals surface area contributed by atoms with E-state index in [0.29, 0.717) is 17.0 Å². The van der Waals surface area contributed by atoms with Gasteiger partial charge in [0, 0.05) is 32.2 Å². The van der Waals surface area contributed by atoms with Gasteiger partial charge in [0.05, 0.1) is 24.2 Å². The molecule has 20 heavy (non-hydrogen) atoms. The number of hydrogen-bond acceptors (Lipinski definition) is 4. The van der Waals surface area contributed by atoms with Crippen molar-refractivity contribution in [3.8, 4) is 0 Å². The number of morpholine rings is 1. The maximum atomic E-state index is 13.6. The average molecular weight is 278 g/mol. The van der Waals surface area contributed by atoms with Crippen LogP contribution in [0, 0.1) is 12.7 Å². The zero-order chi connectivity index (χ0) is 14.1. The summed E-state index contributed by atoms with van der Waals surface area (Å²) in [7, 11) is 0. The zero-order valence-corrected chi connectivity index (χ0v) is 11.6. The summed E-state index contributed by atoms with van der Waals surface area (Å²) in [5.74, 6) is 0.202. The fraction of sp³-hybridized carbons (Fsp3) is 0.500. The molecule has 0 unspecified atom stereocenters. The first-order chi connectivity index (χ1) is 9.65. The Labute approximate surface area is 117 Å². The maximum Gasteiger partial charge on any atom is 0.201 e. The molecule has 0 amide bonds. The van der Waals surface area contributed by atoms with Gasteiger partial charge in [0.25, 0.3) is 0 Å². The molecular formula is C14H19FN4O. The Morgan fingerprint density at radius 3 is 2.80 bits per heavy atom. The third kappa shape index (κ3) is 2.48. The summed E-state index contributed by atoms with van der Waals surface area (Å²) >= 11 is 0. The third-order valence-corrected chi connectivity index (χ3v) is 3.80. The Balaban J connectivity index is 1.83. The molecule has 1 fully saturated rings. The number of aryl methyl sites for hydroxylation is 1. The average Bonchev–Trinajstić information content (AvgIpc) is 2.73. The van der Waals surface area contributed by atoms with E-state index in [2.05, 4.69) is 9.88 Å². The first-order valence-electron chi connectivity index (χ1n) is 6.87. The van der Waals surface area contributed by atoms with Crippen molar-refractivity contribution in [1.82, 2.24) is 14.5 Å². The summed E-state index contributed by atoms with van der Waals surface area (Å²) in [5, 5.41) is 0. The van der Waals surface area contributed by atoms with Gasteiger partial charge in [-0.1, -0.05) is 0 Å². The predicted octanol–water partition coefficient (Wildman–Crippen LogP) is 1.40. The molecule has 0 radical (unpaired) electrons. The van der Waals surface area contributed by atoms with Crippen LogP contribution in [-0.2, 0) is 11.3 Å². The Bertz CT molecular complexity index is 619. The highest BCUT2D eigenvalue weighted by molar-refractivity contribution is 5.79. The van der Waals surface area contributed by atoms with E-state index in [1.54, 1.807) is 6.92 Å². The van der Waals surface area contributed by atoms with E-state index in [0.717, 1.165) is 44.9 Å². The van der Waals surface area contributed by atoms with E-state index in [9.17, 15) is 4.39 Å². The van der Waals surface area contributed by atoms with Crippen LogP contribution in [0.4, 0.5) is 10.3 Å². The van der Waals surface area contributed by atoms with Gasteiger partial charge >= 0.3 is 0 Å². The van der Waals surface area contributed by atoms with Crippen molar-refractivity contribution < 1.29 is 9.13 Å². The van der Waals surface area contributed by atoms with Crippen LogP contribution in [-0.4, -0.2) is 47.3 Å². The maximum absolute atomic E-state index is 13.6. The van der Waals surface area contributed by atoms with Gasteiger partial charge in [-0.25, -0.2) is 9.37 Å². The summed E-state index contributed by atoms with van der Waals surface area (Å²) in [5.41, 5.74) is 8.09. The number of halogens is 1. The number of nitrogen functional groups attached to an aromatic ring is 1. The molecule has 2 heterocycles. The van der Waals surface area contributed by atoms with E-state index < -0.39 is 0 Å². The first kappa shape index (κ1) is 13.3. The van der Waals surface area contributed by atoms with Crippen LogP contribution in [0.5, 0.6) is 0 Å². The molecule has 0 saturated carbocycles. The van der Waals surface area contributed by atoms with Crippen LogP contribution >= 0.6 is 0 Å². The minimum absolute atomic E-state index is 0.240. The molecule has 0 spiro atoms. The molecular weight excluding hydrogens is 259 g/mol. The molecule has 0 aliphatic carbocycles. The molecule has 3 rings (SSSR count). The number of aromatic nitrogens is 2. The summed E-state index contributed by atoms with van der Waals surface area (Å²) in [6.45, 7) is 6.86. The lowest BCUT2D eigenvalue weighted by molar-refractivity contribution is 0.0366. The normalized spacial score (nSPS) is 16.9. The molecule has 6 heteroatoms. The topological polar surface area (TPSA) is 56.3 Å². The number of rotatable bonds is 3. The van der Waals surface area contributed by atoms with Gasteiger partial charge < -0.3 is 15.0 Å². The molecule has 1 saturated heterocycles. The van der Waals surface area contributed by atoms with Crippen molar-refractivity contribution in [3.63, 3.8) is 0 Å². The smallest absolute Gasteiger partial charge is 0.201 e. The van der Waals surface area contributed by atoms with Crippen LogP contribution in [0.3, 0.4) is 0 Å². The minimum atomic E-state index is -0.240. The van der Waals surface area contributed by atoms with Crippen LogP contribution in [0.25, 0.3) is 11.0 Å². The van der Waals surface area contributed by atoms with Crippen LogP contribution in [0.15, 0.2) is 12.1 Å². The molecule has 2 N–H and O–H groups in total. The molecule has 1 aliphatic rings. The number of nitrogens with zero attached hydrogens (tertiary/aromatic N) is 3. The molecule has 1 aliphatic heterocycles. The number of ether oxygens (including phenoxy) is 1. The second-order valence-corrected chi connectivity index (χ2v) is 5.17. The van der Waals surface area contributed by atoms with E-state index in [1.807, 2.05) is 10.6 Å². The van der Waals surface area contributed by atoms with E-state index in [4.69, 9.17) is 10.5 Å². The molecule has 0 atom stereocenters. The fourth-order valence-corrected chi connectivity index (χ4v) is 2.57. The van der Waals surface area contributed by atoms with Crippen molar-refractivity contribution in [1.29, 1.82) is 0 Å². The number of fused-ring (bicyclic) bond motifs is 1. The van der Waals surface area contributed by atoms with Gasteiger partial charge in [0.2, 0.25) is 5.95 Å². The highest BCUT2D eigenvalue weighted by Crippen LogP contribution is 2.21. The molecule has 1 aromatic heterocycles. The number of nitrogens with two attached hydrogens (primary N) is 1. The van der Waals surface area contributed by atoms with Crippen molar-refractivity contribution in [3.05, 3.63) is 23.5 Å². The van der Waals surface area contributed by atoms with Crippen molar-refractivity contribution >= 4 is 17.0 Å². The quantitative estimate of drug-likeness (QED) is 0.922. The van der Waals surface area contributed by atoms with Gasteiger partial charge in [0.1, 0.15) is 5.82 Å². The van der Waals surface area contributed by atoms with Crippen LogP contribution in [0.1, 0.15) is 5.56 Å². The Hall–Kier alpha value is -1.66. The van der Waals surface area contributed by atoms with E-state index in [1.165, 1.54) is 6.07 Å². The fourth-order valence-electron chi connectivity index (χ4n) is 2.57. The number of anilines is 1. The zero-order valence-electron chi connectivity index (χ0n) is 11.6. The SMILES string of the molecule is Cc1cc2c(cc1F)nc(N)n2CCN1CCOCC1. The Kier molecular flexibility index (Phi) is 3.58. The van der Waals surface area contributed by atoms with Gasteiger partial charge in [-0.05, 0) is 18.6 Å². The van der Waals surface area contributed by atoms with Gasteiger partial charge in [-0.3, -0.25) is 4.90 Å². The molecule has 1 aromatic carbocycles. The monoisotopic (exact) mass is 278 g/mol. The highest BCUT2D eigenvalue weighted by atomic mass is 19.1. The number of imidazole rings is 1. The van der Waals surface area contributed by atoms with Gasteiger partial charge in [-0.2, -0.15) is 0 Å². The second kappa shape index (κ2) is 5.38. The first-order valence-corrected chi connectivity index (χ1v) is 6.87. The summed E-state index contributed by atoms with van der Waals surface area (Å²) in [6, 6.07) is 3.26. The Morgan fingerprint density at radius 1 is 1.30 bits per heavy atom. The largest absolute Gasteiger partial charge is 0.379 e. The van der Waals surface area contributed by atoms with E-state index in [-0.39, 0.29) is 5.82 Å². The second-order valence-electron chi connectivity index (χ2n) is 5.17. The van der Waals surface area contributed by atoms with Crippen molar-refractivity contribution in [2.24, 2.45) is 0 Å². The van der Waals surface area contributed by atoms with Crippen LogP contribution in [0.2, 0.25) is 0 Å². The minimum Gasteiger partial charge on any atom is -0.379 e. The molecule has 5 nitrogen and oxygen atoms in total. The summed E-state index contributed by atoms with van der Waals surface area (Å²) in [6.07, 6.45) is 0. The van der Waals surface area contributed by atoms with E-state index >= 15 is 0 Å². The van der Waals surface area contributed by atoms with Crippen molar-refractivity contribution in [2.45, 2.75) is 13.5 Å². The standard InChI is InChI=1S/C14H19FN4O/c1-10-8-13-12(9-11(10)15)17-14(16)19(13)3-2-18-4-6-20-7-5-18/h8-9H,2-7H2,1H3,(H2,16,17). The number of hydrogen-bond donors (Lipinski definition) is 1. The lowest BCUT2D eigenvalue weighted by Crippen LogP contribution is -2.38. The predicted molar refractivity (Wildman–Crippen MR) is 76.1 cm³/mol. The lowest BCUT2D eigenvalue weighted by Gasteiger charge is -2.26. The van der Waals surface area contributed by atoms with Gasteiger partial charge in [-0.15, -0.1) is 0 Å². The molecule has 0 bridgehead atoms. The lowest BCUT2D eigenvalue weighted by atomic mass is 10.2. The Morgan fingerprint density at radius 2 is 2.05 bits per heavy atom. The summed E-state index contributed by atoms with van der Waals surface area (Å²) < 4.78 is 20.8. The van der Waals surface area contributed by atoms with Gasteiger partial charge in [0.15, 0.2) is 0 Å². The molecule has 108 valence electrons. The third-order valence-electron chi connectivity index (χ3n) is 3.80. The summed E-state index contributed by atoms with van der Waals surface area (Å²) in [4.78, 5) is 6.57. The van der Waals surface area contributed by atoms with Crippen molar-refractivity contribution in [2.75, 3.05) is 38.6 Å². The molecule has 2 aromatic rings. The van der Waals surface area contributed by atoms with Crippen LogP contribution < -0.4 is 5.73 Å². The highest BCUT2D eigenvalue weighted by Gasteiger charge is 2.14. The number of benzene rings is 1.